The number of nitrogens with zero attached hydrogens (tertiary/aromatic N) is 1. The largest absolute Gasteiger partial charge is 0.335 e. The molecule has 0 saturated heterocycles. The number of sulfonamides is 1. The highest BCUT2D eigenvalue weighted by atomic mass is 32.2. The van der Waals surface area contributed by atoms with Crippen molar-refractivity contribution in [3.8, 4) is 0 Å². The summed E-state index contributed by atoms with van der Waals surface area (Å²) in [5.74, 6) is 0. The molecule has 0 saturated carbocycles. The number of aliphatic imine (C=N–C) groups is 1. The van der Waals surface area contributed by atoms with E-state index in [0.29, 0.717) is 5.25 Å². The monoisotopic (exact) mass is 285 g/mol. The van der Waals surface area contributed by atoms with E-state index in [9.17, 15) is 8.42 Å². The molecule has 3 N–H and O–H groups in total. The van der Waals surface area contributed by atoms with Crippen LogP contribution in [-0.2, 0) is 10.0 Å². The van der Waals surface area contributed by atoms with Crippen molar-refractivity contribution in [2.45, 2.75) is 23.5 Å². The van der Waals surface area contributed by atoms with Gasteiger partial charge >= 0.3 is 0 Å². The first-order chi connectivity index (χ1) is 8.49. The minimum Gasteiger partial charge on any atom is -0.335 e. The van der Waals surface area contributed by atoms with Crippen LogP contribution in [0.4, 0.5) is 5.69 Å². The summed E-state index contributed by atoms with van der Waals surface area (Å²) >= 11 is 1.71. The molecular weight excluding hydrogens is 270 g/mol. The molecule has 1 unspecified atom stereocenters. The topological polar surface area (TPSA) is 84.5 Å². The zero-order valence-electron chi connectivity index (χ0n) is 9.96. The van der Waals surface area contributed by atoms with E-state index in [-0.39, 0.29) is 4.90 Å². The first-order valence-electron chi connectivity index (χ1n) is 5.60. The van der Waals surface area contributed by atoms with Crippen LogP contribution in [0.25, 0.3) is 0 Å². The smallest absolute Gasteiger partial charge is 0.238 e. The van der Waals surface area contributed by atoms with E-state index in [1.54, 1.807) is 23.9 Å². The van der Waals surface area contributed by atoms with Crippen LogP contribution in [-0.4, -0.2) is 25.4 Å². The second kappa shape index (κ2) is 5.29. The Bertz CT molecular complexity index is 552. The van der Waals surface area contributed by atoms with Gasteiger partial charge in [-0.25, -0.2) is 13.6 Å². The third-order valence-corrected chi connectivity index (χ3v) is 4.81. The van der Waals surface area contributed by atoms with Crippen LogP contribution in [0.3, 0.4) is 0 Å². The summed E-state index contributed by atoms with van der Waals surface area (Å²) in [4.78, 5) is 4.49. The van der Waals surface area contributed by atoms with E-state index in [1.807, 2.05) is 0 Å². The molecule has 1 atom stereocenters. The summed E-state index contributed by atoms with van der Waals surface area (Å²) in [5, 5.41) is 9.61. The highest BCUT2D eigenvalue weighted by Crippen LogP contribution is 2.24. The summed E-state index contributed by atoms with van der Waals surface area (Å²) in [6.07, 6.45) is 1.09. The van der Waals surface area contributed by atoms with E-state index >= 15 is 0 Å². The van der Waals surface area contributed by atoms with E-state index in [2.05, 4.69) is 17.2 Å². The molecular formula is C11H15N3O2S2. The third-order valence-electron chi connectivity index (χ3n) is 2.61. The molecule has 5 nitrogen and oxygen atoms in total. The minimum atomic E-state index is -3.62. The van der Waals surface area contributed by atoms with Crippen molar-refractivity contribution in [3.63, 3.8) is 0 Å². The number of amidine groups is 1. The molecule has 0 fully saturated rings. The van der Waals surface area contributed by atoms with E-state index in [1.165, 1.54) is 12.1 Å². The first-order valence-corrected chi connectivity index (χ1v) is 8.02. The number of anilines is 1. The average molecular weight is 285 g/mol. The number of hydrogen-bond donors (Lipinski definition) is 2. The molecule has 1 aromatic carbocycles. The average Bonchev–Trinajstić information content (AvgIpc) is 2.76. The van der Waals surface area contributed by atoms with Gasteiger partial charge in [0.2, 0.25) is 10.0 Å². The second-order valence-electron chi connectivity index (χ2n) is 3.99. The number of thioether (sulfide) groups is 1. The Morgan fingerprint density at radius 1 is 1.44 bits per heavy atom. The summed E-state index contributed by atoms with van der Waals surface area (Å²) in [7, 11) is -3.62. The van der Waals surface area contributed by atoms with Crippen molar-refractivity contribution >= 4 is 32.6 Å². The lowest BCUT2D eigenvalue weighted by Crippen LogP contribution is -2.12. The predicted octanol–water partition coefficient (Wildman–Crippen LogP) is 1.63. The van der Waals surface area contributed by atoms with Crippen molar-refractivity contribution in [1.82, 2.24) is 0 Å². The Morgan fingerprint density at radius 2 is 2.11 bits per heavy atom. The van der Waals surface area contributed by atoms with Gasteiger partial charge in [0.05, 0.1) is 11.4 Å². The van der Waals surface area contributed by atoms with Crippen molar-refractivity contribution in [2.75, 3.05) is 11.9 Å². The molecule has 7 heteroatoms. The molecule has 0 radical (unpaired) electrons. The van der Waals surface area contributed by atoms with Gasteiger partial charge in [0.15, 0.2) is 5.17 Å². The Labute approximate surface area is 111 Å². The van der Waals surface area contributed by atoms with Crippen LogP contribution in [0.1, 0.15) is 13.3 Å². The quantitative estimate of drug-likeness (QED) is 0.884. The normalized spacial score (nSPS) is 19.7. The van der Waals surface area contributed by atoms with Crippen LogP contribution in [0.2, 0.25) is 0 Å². The SMILES string of the molecule is CCC1CN=C(Nc2ccc(S(N)(=O)=O)cc2)S1. The maximum absolute atomic E-state index is 11.1. The molecule has 18 heavy (non-hydrogen) atoms. The Balaban J connectivity index is 2.04. The highest BCUT2D eigenvalue weighted by molar-refractivity contribution is 8.15. The van der Waals surface area contributed by atoms with Crippen LogP contribution < -0.4 is 10.5 Å². The Morgan fingerprint density at radius 3 is 2.61 bits per heavy atom. The lowest BCUT2D eigenvalue weighted by atomic mass is 10.3. The van der Waals surface area contributed by atoms with E-state index in [4.69, 9.17) is 5.14 Å². The summed E-state index contributed by atoms with van der Waals surface area (Å²) < 4.78 is 22.2. The van der Waals surface area contributed by atoms with Gasteiger partial charge in [0.1, 0.15) is 0 Å². The number of primary sulfonamides is 1. The zero-order valence-corrected chi connectivity index (χ0v) is 11.6. The molecule has 0 amide bonds. The van der Waals surface area contributed by atoms with Crippen LogP contribution >= 0.6 is 11.8 Å². The minimum absolute atomic E-state index is 0.112. The first kappa shape index (κ1) is 13.4. The summed E-state index contributed by atoms with van der Waals surface area (Å²) in [5.41, 5.74) is 0.811. The fourth-order valence-corrected chi connectivity index (χ4v) is 3.02. The van der Waals surface area contributed by atoms with Gasteiger partial charge in [-0.05, 0) is 30.7 Å². The number of rotatable bonds is 3. The maximum Gasteiger partial charge on any atom is 0.238 e. The lowest BCUT2D eigenvalue weighted by Gasteiger charge is -2.07. The van der Waals surface area contributed by atoms with Gasteiger partial charge in [-0.3, -0.25) is 4.99 Å². The van der Waals surface area contributed by atoms with Crippen molar-refractivity contribution < 1.29 is 8.42 Å². The summed E-state index contributed by atoms with van der Waals surface area (Å²) in [6.45, 7) is 2.97. The number of nitrogens with one attached hydrogen (secondary N) is 1. The second-order valence-corrected chi connectivity index (χ2v) is 6.84. The highest BCUT2D eigenvalue weighted by Gasteiger charge is 2.17. The fourth-order valence-electron chi connectivity index (χ4n) is 1.55. The van der Waals surface area contributed by atoms with E-state index in [0.717, 1.165) is 23.8 Å². The molecule has 98 valence electrons. The fraction of sp³-hybridized carbons (Fsp3) is 0.364. The summed E-state index contributed by atoms with van der Waals surface area (Å²) in [6, 6.07) is 6.33. The molecule has 0 bridgehead atoms. The molecule has 1 aromatic rings. The van der Waals surface area contributed by atoms with Crippen molar-refractivity contribution in [2.24, 2.45) is 10.1 Å². The number of benzene rings is 1. The number of nitrogens with two attached hydrogens (primary N) is 1. The van der Waals surface area contributed by atoms with Gasteiger partial charge in [-0.15, -0.1) is 0 Å². The van der Waals surface area contributed by atoms with Crippen LogP contribution in [0, 0.1) is 0 Å². The van der Waals surface area contributed by atoms with Gasteiger partial charge in [-0.2, -0.15) is 0 Å². The molecule has 0 spiro atoms. The van der Waals surface area contributed by atoms with Gasteiger partial charge in [0, 0.05) is 10.9 Å². The molecule has 1 aliphatic heterocycles. The van der Waals surface area contributed by atoms with Crippen LogP contribution in [0.5, 0.6) is 0 Å². The molecule has 1 heterocycles. The molecule has 0 aromatic heterocycles. The van der Waals surface area contributed by atoms with Gasteiger partial charge < -0.3 is 5.32 Å². The number of hydrogen-bond acceptors (Lipinski definition) is 5. The lowest BCUT2D eigenvalue weighted by molar-refractivity contribution is 0.598. The molecule has 1 aliphatic rings. The van der Waals surface area contributed by atoms with Crippen molar-refractivity contribution in [1.29, 1.82) is 0 Å². The van der Waals surface area contributed by atoms with Crippen molar-refractivity contribution in [3.05, 3.63) is 24.3 Å². The third kappa shape index (κ3) is 3.24. The van der Waals surface area contributed by atoms with Gasteiger partial charge in [-0.1, -0.05) is 18.7 Å². The maximum atomic E-state index is 11.1. The Hall–Kier alpha value is -1.05. The van der Waals surface area contributed by atoms with E-state index < -0.39 is 10.0 Å². The molecule has 2 rings (SSSR count). The predicted molar refractivity (Wildman–Crippen MR) is 75.4 cm³/mol. The standard InChI is InChI=1S/C11H15N3O2S2/c1-2-9-7-13-11(17-9)14-8-3-5-10(6-4-8)18(12,15)16/h3-6,9H,2,7H2,1H3,(H,13,14)(H2,12,15,16). The molecule has 0 aliphatic carbocycles. The van der Waals surface area contributed by atoms with Crippen LogP contribution in [0.15, 0.2) is 34.2 Å². The zero-order chi connectivity index (χ0) is 13.2. The van der Waals surface area contributed by atoms with Gasteiger partial charge in [0.25, 0.3) is 0 Å². The Kier molecular flexibility index (Phi) is 3.94.